The molecule has 1 fully saturated rings. The molecule has 2 amide bonds. The number of pyridine rings is 1. The van der Waals surface area contributed by atoms with Gasteiger partial charge in [0.2, 0.25) is 5.88 Å². The van der Waals surface area contributed by atoms with Gasteiger partial charge in [0.25, 0.3) is 5.91 Å². The summed E-state index contributed by atoms with van der Waals surface area (Å²) < 4.78 is 5.61. The number of amides is 2. The van der Waals surface area contributed by atoms with Crippen LogP contribution in [0, 0.1) is 0 Å². The van der Waals surface area contributed by atoms with Gasteiger partial charge in [-0.2, -0.15) is 0 Å². The molecule has 0 bridgehead atoms. The lowest BCUT2D eigenvalue weighted by Crippen LogP contribution is -2.50. The minimum absolute atomic E-state index is 0.0311. The van der Waals surface area contributed by atoms with Crippen molar-refractivity contribution in [2.45, 2.75) is 24.8 Å². The molecule has 0 spiro atoms. The molecular formula is C23H21N3O4S. The highest BCUT2D eigenvalue weighted by molar-refractivity contribution is 7.13. The number of nitrogens with zero attached hydrogens (tertiary/aromatic N) is 2. The van der Waals surface area contributed by atoms with Gasteiger partial charge in [-0.1, -0.05) is 30.3 Å². The first kappa shape index (κ1) is 19.6. The van der Waals surface area contributed by atoms with Gasteiger partial charge >= 0.3 is 6.09 Å². The average Bonchev–Trinajstić information content (AvgIpc) is 3.27. The van der Waals surface area contributed by atoms with E-state index in [-0.39, 0.29) is 12.5 Å². The smallest absolute Gasteiger partial charge is 0.405 e. The van der Waals surface area contributed by atoms with E-state index >= 15 is 0 Å². The predicted molar refractivity (Wildman–Crippen MR) is 119 cm³/mol. The van der Waals surface area contributed by atoms with Gasteiger partial charge in [0, 0.05) is 23.1 Å². The number of aromatic nitrogens is 1. The first-order chi connectivity index (χ1) is 15.0. The molecule has 8 heteroatoms. The van der Waals surface area contributed by atoms with Crippen LogP contribution in [-0.2, 0) is 10.3 Å². The third-order valence-corrected chi connectivity index (χ3v) is 6.99. The molecule has 2 aliphatic rings. The van der Waals surface area contributed by atoms with E-state index in [0.717, 1.165) is 46.5 Å². The molecule has 1 saturated carbocycles. The van der Waals surface area contributed by atoms with Gasteiger partial charge in [-0.05, 0) is 42.3 Å². The minimum atomic E-state index is -1.00. The lowest BCUT2D eigenvalue weighted by atomic mass is 9.71. The zero-order chi connectivity index (χ0) is 21.6. The summed E-state index contributed by atoms with van der Waals surface area (Å²) in [4.78, 5) is 30.8. The molecule has 0 saturated heterocycles. The summed E-state index contributed by atoms with van der Waals surface area (Å²) >= 11 is 1.61. The zero-order valence-corrected chi connectivity index (χ0v) is 17.7. The van der Waals surface area contributed by atoms with Crippen molar-refractivity contribution in [3.63, 3.8) is 0 Å². The second kappa shape index (κ2) is 7.39. The van der Waals surface area contributed by atoms with Crippen molar-refractivity contribution in [2.24, 2.45) is 0 Å². The third kappa shape index (κ3) is 3.33. The van der Waals surface area contributed by atoms with Gasteiger partial charge in [0.1, 0.15) is 5.69 Å². The molecule has 3 aromatic rings. The number of hydrogen-bond donors (Lipinski definition) is 2. The summed E-state index contributed by atoms with van der Waals surface area (Å²) in [6.07, 6.45) is 1.59. The number of carbonyl (C=O) groups is 2. The Hall–Kier alpha value is -3.39. The van der Waals surface area contributed by atoms with Gasteiger partial charge in [-0.3, -0.25) is 4.79 Å². The fraction of sp³-hybridized carbons (Fsp3) is 0.261. The molecule has 1 aliphatic carbocycles. The van der Waals surface area contributed by atoms with Crippen LogP contribution in [-0.4, -0.2) is 35.7 Å². The number of likely N-dealkylation sites (N-methyl/N-ethyl adjacent to an activating group) is 1. The Labute approximate surface area is 183 Å². The summed E-state index contributed by atoms with van der Waals surface area (Å²) in [5.74, 6) is 0.324. The van der Waals surface area contributed by atoms with Crippen LogP contribution in [0.3, 0.4) is 0 Å². The second-order valence-corrected chi connectivity index (χ2v) is 8.82. The summed E-state index contributed by atoms with van der Waals surface area (Å²) in [7, 11) is 1.73. The fourth-order valence-electron chi connectivity index (χ4n) is 4.20. The van der Waals surface area contributed by atoms with E-state index in [1.807, 2.05) is 47.8 Å². The first-order valence-corrected chi connectivity index (χ1v) is 11.0. The van der Waals surface area contributed by atoms with E-state index in [4.69, 9.17) is 9.72 Å². The van der Waals surface area contributed by atoms with Crippen LogP contribution in [0.15, 0.2) is 47.8 Å². The normalized spacial score (nSPS) is 16.8. The van der Waals surface area contributed by atoms with Crippen molar-refractivity contribution in [1.29, 1.82) is 0 Å². The molecule has 1 aromatic carbocycles. The molecule has 1 aliphatic heterocycles. The Balaban J connectivity index is 1.58. The quantitative estimate of drug-likeness (QED) is 0.631. The fourth-order valence-corrected chi connectivity index (χ4v) is 4.94. The zero-order valence-electron chi connectivity index (χ0n) is 16.9. The number of thiophene rings is 1. The monoisotopic (exact) mass is 435 g/mol. The number of carboxylic acid groups (broad SMARTS) is 1. The van der Waals surface area contributed by atoms with Gasteiger partial charge < -0.3 is 20.1 Å². The average molecular weight is 436 g/mol. The second-order valence-electron chi connectivity index (χ2n) is 7.87. The summed E-state index contributed by atoms with van der Waals surface area (Å²) in [6, 6.07) is 13.9. The van der Waals surface area contributed by atoms with Crippen molar-refractivity contribution in [3.8, 4) is 27.6 Å². The minimum Gasteiger partial charge on any atom is -0.466 e. The van der Waals surface area contributed by atoms with E-state index in [1.165, 1.54) is 0 Å². The molecule has 158 valence electrons. The molecular weight excluding hydrogens is 414 g/mol. The number of nitrogens with one attached hydrogen (secondary N) is 1. The standard InChI is InChI=1S/C23H21N3O4S/c1-26-17-12-16(18-4-2-11-31-18)20(24-21(17)30-13-19(26)27)14-5-7-15(8-6-14)23(9-3-10-23)25-22(28)29/h2,4-8,11-12,25H,3,9-10,13H2,1H3,(H,28,29). The summed E-state index contributed by atoms with van der Waals surface area (Å²) in [5, 5.41) is 13.9. The van der Waals surface area contributed by atoms with Crippen molar-refractivity contribution in [2.75, 3.05) is 18.6 Å². The largest absolute Gasteiger partial charge is 0.466 e. The van der Waals surface area contributed by atoms with E-state index in [2.05, 4.69) is 5.32 Å². The van der Waals surface area contributed by atoms with Gasteiger partial charge in [-0.25, -0.2) is 9.78 Å². The molecule has 2 N–H and O–H groups in total. The van der Waals surface area contributed by atoms with Crippen LogP contribution in [0.4, 0.5) is 10.5 Å². The Morgan fingerprint density at radius 3 is 2.65 bits per heavy atom. The molecule has 2 aromatic heterocycles. The van der Waals surface area contributed by atoms with Crippen LogP contribution >= 0.6 is 11.3 Å². The van der Waals surface area contributed by atoms with Crippen molar-refractivity contribution >= 4 is 29.0 Å². The molecule has 5 rings (SSSR count). The highest BCUT2D eigenvalue weighted by atomic mass is 32.1. The summed E-state index contributed by atoms with van der Waals surface area (Å²) in [5.41, 5.74) is 3.71. The molecule has 0 unspecified atom stereocenters. The number of carbonyl (C=O) groups excluding carboxylic acids is 1. The molecule has 0 radical (unpaired) electrons. The first-order valence-electron chi connectivity index (χ1n) is 10.1. The van der Waals surface area contributed by atoms with Crippen LogP contribution in [0.5, 0.6) is 5.88 Å². The maximum Gasteiger partial charge on any atom is 0.405 e. The number of benzene rings is 1. The van der Waals surface area contributed by atoms with E-state index < -0.39 is 11.6 Å². The number of fused-ring (bicyclic) bond motifs is 1. The van der Waals surface area contributed by atoms with Gasteiger partial charge in [0.15, 0.2) is 6.61 Å². The number of hydrogen-bond acceptors (Lipinski definition) is 5. The predicted octanol–water partition coefficient (Wildman–Crippen LogP) is 4.48. The summed E-state index contributed by atoms with van der Waals surface area (Å²) in [6.45, 7) is -0.0311. The number of anilines is 1. The van der Waals surface area contributed by atoms with E-state index in [1.54, 1.807) is 23.3 Å². The van der Waals surface area contributed by atoms with Gasteiger partial charge in [-0.15, -0.1) is 11.3 Å². The molecule has 31 heavy (non-hydrogen) atoms. The number of rotatable bonds is 4. The highest BCUT2D eigenvalue weighted by Crippen LogP contribution is 2.44. The molecule has 3 heterocycles. The Bertz CT molecular complexity index is 1150. The molecule has 0 atom stereocenters. The van der Waals surface area contributed by atoms with E-state index in [0.29, 0.717) is 11.6 Å². The maximum absolute atomic E-state index is 12.1. The van der Waals surface area contributed by atoms with Crippen molar-refractivity contribution in [1.82, 2.24) is 10.3 Å². The van der Waals surface area contributed by atoms with Gasteiger partial charge in [0.05, 0.1) is 11.2 Å². The Kier molecular flexibility index (Phi) is 4.66. The van der Waals surface area contributed by atoms with Crippen LogP contribution in [0.1, 0.15) is 24.8 Å². The van der Waals surface area contributed by atoms with Crippen molar-refractivity contribution < 1.29 is 19.4 Å². The Morgan fingerprint density at radius 2 is 2.03 bits per heavy atom. The van der Waals surface area contributed by atoms with E-state index in [9.17, 15) is 14.7 Å². The SMILES string of the molecule is CN1C(=O)COc2nc(-c3ccc(C4(NC(=O)O)CCC4)cc3)c(-c3cccs3)cc21. The van der Waals surface area contributed by atoms with Crippen molar-refractivity contribution in [3.05, 3.63) is 53.4 Å². The lowest BCUT2D eigenvalue weighted by molar-refractivity contribution is -0.121. The highest BCUT2D eigenvalue weighted by Gasteiger charge is 2.40. The topological polar surface area (TPSA) is 91.8 Å². The maximum atomic E-state index is 12.1. The number of ether oxygens (including phenoxy) is 1. The van der Waals surface area contributed by atoms with Crippen LogP contribution in [0.25, 0.3) is 21.7 Å². The van der Waals surface area contributed by atoms with Crippen LogP contribution < -0.4 is 15.0 Å². The third-order valence-electron chi connectivity index (χ3n) is 6.09. The molecule has 7 nitrogen and oxygen atoms in total. The lowest BCUT2D eigenvalue weighted by Gasteiger charge is -2.42. The van der Waals surface area contributed by atoms with Crippen LogP contribution in [0.2, 0.25) is 0 Å². The Morgan fingerprint density at radius 1 is 1.26 bits per heavy atom.